The van der Waals surface area contributed by atoms with Crippen LogP contribution in [0, 0.1) is 11.3 Å². The van der Waals surface area contributed by atoms with Crippen LogP contribution in [0.4, 0.5) is 5.69 Å². The number of nitrogens with zero attached hydrogens (tertiary/aromatic N) is 3. The van der Waals surface area contributed by atoms with E-state index in [-0.39, 0.29) is 5.91 Å². The van der Waals surface area contributed by atoms with Gasteiger partial charge in [0.2, 0.25) is 5.91 Å². The van der Waals surface area contributed by atoms with Crippen LogP contribution in [0.25, 0.3) is 21.8 Å². The average molecular weight is 531 g/mol. The van der Waals surface area contributed by atoms with Crippen molar-refractivity contribution in [2.24, 2.45) is 0 Å². The number of anilines is 1. The molecular weight excluding hydrogens is 500 g/mol. The van der Waals surface area contributed by atoms with Crippen LogP contribution in [-0.2, 0) is 24.2 Å². The Kier molecular flexibility index (Phi) is 6.85. The first kappa shape index (κ1) is 25.2. The number of para-hydroxylation sites is 1. The van der Waals surface area contributed by atoms with Crippen LogP contribution in [0.1, 0.15) is 48.6 Å². The van der Waals surface area contributed by atoms with E-state index < -0.39 is 5.25 Å². The Morgan fingerprint density at radius 2 is 1.85 bits per heavy atom. The van der Waals surface area contributed by atoms with Crippen LogP contribution in [0.3, 0.4) is 0 Å². The normalized spacial score (nSPS) is 15.6. The number of pyridine rings is 1. The first-order valence-electron chi connectivity index (χ1n) is 13.5. The Bertz CT molecular complexity index is 1730. The summed E-state index contributed by atoms with van der Waals surface area (Å²) < 4.78 is 2.29. The van der Waals surface area contributed by atoms with Gasteiger partial charge in [0.15, 0.2) is 0 Å². The molecule has 0 bridgehead atoms. The quantitative estimate of drug-likeness (QED) is 0.231. The number of nitrogens with one attached hydrogen (secondary N) is 1. The highest BCUT2D eigenvalue weighted by Gasteiger charge is 2.25. The molecule has 194 valence electrons. The summed E-state index contributed by atoms with van der Waals surface area (Å²) in [6.45, 7) is 4.90. The van der Waals surface area contributed by atoms with Gasteiger partial charge in [-0.25, -0.2) is 4.98 Å². The molecule has 2 aromatic heterocycles. The van der Waals surface area contributed by atoms with E-state index in [4.69, 9.17) is 4.98 Å². The van der Waals surface area contributed by atoms with Crippen molar-refractivity contribution >= 4 is 45.2 Å². The van der Waals surface area contributed by atoms with Crippen molar-refractivity contribution in [3.05, 3.63) is 101 Å². The van der Waals surface area contributed by atoms with E-state index in [1.165, 1.54) is 28.2 Å². The second-order valence-electron chi connectivity index (χ2n) is 10.2. The summed E-state index contributed by atoms with van der Waals surface area (Å²) in [7, 11) is 0. The molecule has 2 heterocycles. The minimum Gasteiger partial charge on any atom is -0.341 e. The van der Waals surface area contributed by atoms with Crippen molar-refractivity contribution in [3.8, 4) is 6.07 Å². The number of aromatic nitrogens is 2. The third-order valence-electron chi connectivity index (χ3n) is 7.76. The lowest BCUT2D eigenvalue weighted by atomic mass is 9.82. The number of fused-ring (bicyclic) bond motifs is 4. The minimum absolute atomic E-state index is 0.105. The molecule has 5 nitrogen and oxygen atoms in total. The maximum Gasteiger partial charge on any atom is 0.237 e. The zero-order valence-electron chi connectivity index (χ0n) is 22.1. The van der Waals surface area contributed by atoms with E-state index in [9.17, 15) is 10.1 Å². The van der Waals surface area contributed by atoms with E-state index in [1.807, 2.05) is 31.2 Å². The third kappa shape index (κ3) is 4.79. The smallest absolute Gasteiger partial charge is 0.237 e. The Balaban J connectivity index is 1.20. The monoisotopic (exact) mass is 530 g/mol. The molecule has 1 amide bonds. The molecule has 1 aliphatic rings. The van der Waals surface area contributed by atoms with Crippen LogP contribution in [0.15, 0.2) is 83.9 Å². The van der Waals surface area contributed by atoms with Crippen molar-refractivity contribution in [3.63, 3.8) is 0 Å². The number of carbonyl (C=O) groups is 1. The van der Waals surface area contributed by atoms with E-state index in [0.717, 1.165) is 53.7 Å². The Hall–Kier alpha value is -4.08. The first-order chi connectivity index (χ1) is 19.1. The molecule has 0 saturated carbocycles. The molecule has 1 aliphatic carbocycles. The topological polar surface area (TPSA) is 70.7 Å². The maximum atomic E-state index is 13.2. The van der Waals surface area contributed by atoms with Gasteiger partial charge in [0, 0.05) is 39.7 Å². The van der Waals surface area contributed by atoms with Crippen LogP contribution in [-0.4, -0.2) is 20.7 Å². The SMILES string of the molecule is CCn1c2ccccc2c2cc(NC(=O)C(C)Sc3nc4c(cc3C#N)CC(c3ccccc3)CC4)ccc21. The van der Waals surface area contributed by atoms with Gasteiger partial charge < -0.3 is 9.88 Å². The molecule has 6 rings (SSSR count). The summed E-state index contributed by atoms with van der Waals surface area (Å²) in [5.74, 6) is 0.338. The highest BCUT2D eigenvalue weighted by molar-refractivity contribution is 8.00. The van der Waals surface area contributed by atoms with Crippen LogP contribution in [0.5, 0.6) is 0 Å². The first-order valence-corrected chi connectivity index (χ1v) is 14.4. The van der Waals surface area contributed by atoms with Crippen molar-refractivity contribution < 1.29 is 4.79 Å². The predicted octanol–water partition coefficient (Wildman–Crippen LogP) is 7.47. The summed E-state index contributed by atoms with van der Waals surface area (Å²) in [6.07, 6.45) is 2.80. The fraction of sp³-hybridized carbons (Fsp3) is 0.242. The fourth-order valence-electron chi connectivity index (χ4n) is 5.76. The molecule has 1 N–H and O–H groups in total. The molecule has 0 spiro atoms. The summed E-state index contributed by atoms with van der Waals surface area (Å²) in [5, 5.41) is 15.5. The number of amides is 1. The number of aryl methyl sites for hydroxylation is 2. The molecule has 0 fully saturated rings. The zero-order valence-corrected chi connectivity index (χ0v) is 23.0. The summed E-state index contributed by atoms with van der Waals surface area (Å²) >= 11 is 1.36. The van der Waals surface area contributed by atoms with Crippen LogP contribution in [0.2, 0.25) is 0 Å². The second-order valence-corrected chi connectivity index (χ2v) is 11.5. The van der Waals surface area contributed by atoms with Crippen LogP contribution >= 0.6 is 11.8 Å². The van der Waals surface area contributed by atoms with Gasteiger partial charge in [-0.05, 0) is 80.5 Å². The molecule has 0 saturated heterocycles. The number of nitriles is 1. The Labute approximate surface area is 232 Å². The molecular formula is C33H30N4OS. The lowest BCUT2D eigenvalue weighted by Crippen LogP contribution is -2.23. The number of thioether (sulfide) groups is 1. The molecule has 0 radical (unpaired) electrons. The summed E-state index contributed by atoms with van der Waals surface area (Å²) in [6, 6.07) is 29.3. The standard InChI is InChI=1S/C33H30N4OS/c1-3-37-30-12-8-7-11-27(30)28-19-26(14-16-31(28)37)35-32(38)21(2)39-33-25(20-34)18-24-17-23(13-15-29(24)36-33)22-9-5-4-6-10-22/h4-12,14,16,18-19,21,23H,3,13,15,17H2,1-2H3,(H,35,38). The maximum absolute atomic E-state index is 13.2. The number of hydrogen-bond donors (Lipinski definition) is 1. The molecule has 0 aliphatic heterocycles. The van der Waals surface area contributed by atoms with E-state index in [2.05, 4.69) is 77.5 Å². The van der Waals surface area contributed by atoms with E-state index in [1.54, 1.807) is 0 Å². The molecule has 5 aromatic rings. The lowest BCUT2D eigenvalue weighted by molar-refractivity contribution is -0.115. The molecule has 6 heteroatoms. The predicted molar refractivity (Wildman–Crippen MR) is 159 cm³/mol. The molecule has 2 unspecified atom stereocenters. The highest BCUT2D eigenvalue weighted by atomic mass is 32.2. The number of benzene rings is 3. The van der Waals surface area contributed by atoms with Gasteiger partial charge in [-0.1, -0.05) is 60.3 Å². The molecule has 3 aromatic carbocycles. The highest BCUT2D eigenvalue weighted by Crippen LogP contribution is 2.36. The van der Waals surface area contributed by atoms with Crippen molar-refractivity contribution in [2.45, 2.75) is 55.8 Å². The number of rotatable bonds is 6. The van der Waals surface area contributed by atoms with Gasteiger partial charge >= 0.3 is 0 Å². The van der Waals surface area contributed by atoms with Gasteiger partial charge in [0.25, 0.3) is 0 Å². The van der Waals surface area contributed by atoms with Gasteiger partial charge in [-0.15, -0.1) is 0 Å². The molecule has 2 atom stereocenters. The minimum atomic E-state index is -0.406. The zero-order chi connectivity index (χ0) is 26.9. The van der Waals surface area contributed by atoms with E-state index >= 15 is 0 Å². The van der Waals surface area contributed by atoms with Gasteiger partial charge in [-0.3, -0.25) is 4.79 Å². The second kappa shape index (κ2) is 10.6. The summed E-state index contributed by atoms with van der Waals surface area (Å²) in [5.41, 5.74) is 7.20. The van der Waals surface area contributed by atoms with Gasteiger partial charge in [0.05, 0.1) is 10.8 Å². The van der Waals surface area contributed by atoms with Crippen molar-refractivity contribution in [1.82, 2.24) is 9.55 Å². The number of carbonyl (C=O) groups excluding carboxylic acids is 1. The molecule has 39 heavy (non-hydrogen) atoms. The van der Waals surface area contributed by atoms with Gasteiger partial charge in [-0.2, -0.15) is 5.26 Å². The van der Waals surface area contributed by atoms with Crippen molar-refractivity contribution in [1.29, 1.82) is 5.26 Å². The fourth-order valence-corrected chi connectivity index (χ4v) is 6.66. The Morgan fingerprint density at radius 3 is 2.64 bits per heavy atom. The van der Waals surface area contributed by atoms with Crippen LogP contribution < -0.4 is 5.32 Å². The summed E-state index contributed by atoms with van der Waals surface area (Å²) in [4.78, 5) is 18.1. The third-order valence-corrected chi connectivity index (χ3v) is 8.86. The van der Waals surface area contributed by atoms with E-state index in [0.29, 0.717) is 16.5 Å². The number of hydrogen-bond acceptors (Lipinski definition) is 4. The Morgan fingerprint density at radius 1 is 1.08 bits per heavy atom. The van der Waals surface area contributed by atoms with Crippen molar-refractivity contribution in [2.75, 3.05) is 5.32 Å². The largest absolute Gasteiger partial charge is 0.341 e. The van der Waals surface area contributed by atoms with Gasteiger partial charge in [0.1, 0.15) is 11.1 Å². The lowest BCUT2D eigenvalue weighted by Gasteiger charge is -2.25. The average Bonchev–Trinajstić information content (AvgIpc) is 3.29.